The maximum atomic E-state index is 11.3. The van der Waals surface area contributed by atoms with Gasteiger partial charge in [0.05, 0.1) is 11.4 Å². The van der Waals surface area contributed by atoms with E-state index in [2.05, 4.69) is 43.3 Å². The molecule has 0 radical (unpaired) electrons. The van der Waals surface area contributed by atoms with Gasteiger partial charge in [-0.25, -0.2) is 18.5 Å². The van der Waals surface area contributed by atoms with E-state index in [1.807, 2.05) is 6.92 Å². The molecule has 1 aromatic carbocycles. The van der Waals surface area contributed by atoms with E-state index in [-0.39, 0.29) is 4.90 Å². The molecule has 0 spiro atoms. The maximum Gasteiger partial charge on any atom is 0.238 e. The molecule has 0 amide bonds. The van der Waals surface area contributed by atoms with Gasteiger partial charge in [0.25, 0.3) is 0 Å². The van der Waals surface area contributed by atoms with Crippen molar-refractivity contribution in [3.63, 3.8) is 0 Å². The average molecular weight is 369 g/mol. The van der Waals surface area contributed by atoms with Crippen molar-refractivity contribution in [2.24, 2.45) is 15.5 Å². The van der Waals surface area contributed by atoms with E-state index in [1.54, 1.807) is 12.1 Å². The van der Waals surface area contributed by atoms with Crippen molar-refractivity contribution in [2.75, 3.05) is 6.54 Å². The number of sulfonamides is 1. The second-order valence-electron chi connectivity index (χ2n) is 7.53. The lowest BCUT2D eigenvalue weighted by Gasteiger charge is -2.23. The highest BCUT2D eigenvalue weighted by Crippen LogP contribution is 2.21. The molecule has 0 fully saturated rings. The first-order chi connectivity index (χ1) is 11.5. The van der Waals surface area contributed by atoms with Gasteiger partial charge in [-0.1, -0.05) is 32.9 Å². The van der Waals surface area contributed by atoms with Crippen LogP contribution < -0.4 is 15.8 Å². The first-order valence-electron chi connectivity index (χ1n) is 8.68. The summed E-state index contributed by atoms with van der Waals surface area (Å²) in [5, 5.41) is 11.8. The van der Waals surface area contributed by atoms with Crippen LogP contribution in [0, 0.1) is 5.41 Å². The second kappa shape index (κ2) is 9.20. The molecule has 142 valence electrons. The lowest BCUT2D eigenvalue weighted by Crippen LogP contribution is -2.42. The summed E-state index contributed by atoms with van der Waals surface area (Å²) in [5.41, 5.74) is 1.24. The Hall–Kier alpha value is -1.60. The number of guanidine groups is 1. The van der Waals surface area contributed by atoms with E-state index in [0.717, 1.165) is 30.9 Å². The van der Waals surface area contributed by atoms with Crippen LogP contribution in [0.3, 0.4) is 0 Å². The third-order valence-corrected chi connectivity index (χ3v) is 4.66. The number of hydrogen-bond acceptors (Lipinski definition) is 3. The molecule has 1 aromatic rings. The van der Waals surface area contributed by atoms with Gasteiger partial charge in [-0.3, -0.25) is 0 Å². The molecule has 0 aliphatic carbocycles. The van der Waals surface area contributed by atoms with Gasteiger partial charge in [0.15, 0.2) is 5.96 Å². The van der Waals surface area contributed by atoms with Gasteiger partial charge in [-0.05, 0) is 49.8 Å². The van der Waals surface area contributed by atoms with Crippen molar-refractivity contribution in [2.45, 2.75) is 64.9 Å². The van der Waals surface area contributed by atoms with Crippen LogP contribution in [0.1, 0.15) is 53.0 Å². The molecule has 25 heavy (non-hydrogen) atoms. The average Bonchev–Trinajstić information content (AvgIpc) is 2.50. The highest BCUT2D eigenvalue weighted by molar-refractivity contribution is 7.89. The molecule has 6 nitrogen and oxygen atoms in total. The van der Waals surface area contributed by atoms with Crippen molar-refractivity contribution >= 4 is 16.0 Å². The summed E-state index contributed by atoms with van der Waals surface area (Å²) >= 11 is 0. The lowest BCUT2D eigenvalue weighted by atomic mass is 9.89. The summed E-state index contributed by atoms with van der Waals surface area (Å²) in [5.74, 6) is 0.763. The standard InChI is InChI=1S/C18H32N4O2S/c1-6-20-17(22-14(2)11-12-18(3,4)5)21-13-15-7-9-16(10-8-15)25(19,23)24/h7-10,14H,6,11-13H2,1-5H3,(H2,19,23,24)(H2,20,21,22). The summed E-state index contributed by atoms with van der Waals surface area (Å²) < 4.78 is 22.6. The third kappa shape index (κ3) is 8.88. The first kappa shape index (κ1) is 21.4. The Balaban J connectivity index is 2.68. The molecule has 0 heterocycles. The normalized spacial score (nSPS) is 14.2. The number of rotatable bonds is 7. The van der Waals surface area contributed by atoms with Gasteiger partial charge in [-0.15, -0.1) is 0 Å². The number of primary sulfonamides is 1. The Morgan fingerprint density at radius 2 is 1.84 bits per heavy atom. The Morgan fingerprint density at radius 1 is 1.24 bits per heavy atom. The zero-order valence-electron chi connectivity index (χ0n) is 16.0. The molecular formula is C18H32N4O2S. The zero-order valence-corrected chi connectivity index (χ0v) is 16.8. The van der Waals surface area contributed by atoms with Crippen LogP contribution in [0.15, 0.2) is 34.2 Å². The highest BCUT2D eigenvalue weighted by Gasteiger charge is 2.13. The summed E-state index contributed by atoms with van der Waals surface area (Å²) in [6.45, 7) is 12.1. The number of nitrogens with one attached hydrogen (secondary N) is 2. The third-order valence-electron chi connectivity index (χ3n) is 3.73. The number of benzene rings is 1. The quantitative estimate of drug-likeness (QED) is 0.509. The van der Waals surface area contributed by atoms with Crippen LogP contribution in [0.5, 0.6) is 0 Å². The fraction of sp³-hybridized carbons (Fsp3) is 0.611. The molecule has 1 atom stereocenters. The molecule has 0 aliphatic heterocycles. The molecule has 7 heteroatoms. The number of aliphatic imine (C=N–C) groups is 1. The minimum absolute atomic E-state index is 0.112. The van der Waals surface area contributed by atoms with Gasteiger partial charge in [0.1, 0.15) is 0 Å². The van der Waals surface area contributed by atoms with Crippen molar-refractivity contribution < 1.29 is 8.42 Å². The topological polar surface area (TPSA) is 96.6 Å². The van der Waals surface area contributed by atoms with Gasteiger partial charge in [0.2, 0.25) is 10.0 Å². The predicted molar refractivity (Wildman–Crippen MR) is 104 cm³/mol. The summed E-state index contributed by atoms with van der Waals surface area (Å²) in [6, 6.07) is 6.80. The van der Waals surface area contributed by atoms with E-state index in [0.29, 0.717) is 18.0 Å². The Kier molecular flexibility index (Phi) is 7.89. The van der Waals surface area contributed by atoms with Crippen LogP contribution in [0.25, 0.3) is 0 Å². The van der Waals surface area contributed by atoms with Crippen molar-refractivity contribution in [3.05, 3.63) is 29.8 Å². The van der Waals surface area contributed by atoms with Crippen molar-refractivity contribution in [1.29, 1.82) is 0 Å². The second-order valence-corrected chi connectivity index (χ2v) is 9.09. The van der Waals surface area contributed by atoms with E-state index >= 15 is 0 Å². The maximum absolute atomic E-state index is 11.3. The summed E-state index contributed by atoms with van der Waals surface area (Å²) in [4.78, 5) is 4.69. The summed E-state index contributed by atoms with van der Waals surface area (Å²) in [7, 11) is -3.65. The minimum atomic E-state index is -3.65. The van der Waals surface area contributed by atoms with E-state index in [9.17, 15) is 8.42 Å². The van der Waals surface area contributed by atoms with E-state index in [1.165, 1.54) is 12.1 Å². The van der Waals surface area contributed by atoms with Crippen LogP contribution in [-0.4, -0.2) is 27.0 Å². The summed E-state index contributed by atoms with van der Waals surface area (Å²) in [6.07, 6.45) is 2.20. The largest absolute Gasteiger partial charge is 0.357 e. The van der Waals surface area contributed by atoms with E-state index in [4.69, 9.17) is 5.14 Å². The van der Waals surface area contributed by atoms with Crippen LogP contribution in [0.2, 0.25) is 0 Å². The molecule has 1 unspecified atom stereocenters. The SMILES string of the molecule is CCNC(=NCc1ccc(S(N)(=O)=O)cc1)NC(C)CCC(C)(C)C. The fourth-order valence-corrected chi connectivity index (χ4v) is 2.75. The molecule has 1 rings (SSSR count). The lowest BCUT2D eigenvalue weighted by molar-refractivity contribution is 0.346. The Labute approximate surface area is 152 Å². The van der Waals surface area contributed by atoms with E-state index < -0.39 is 10.0 Å². The molecule has 4 N–H and O–H groups in total. The van der Waals surface area contributed by atoms with Crippen LogP contribution >= 0.6 is 0 Å². The van der Waals surface area contributed by atoms with Crippen LogP contribution in [0.4, 0.5) is 0 Å². The molecule has 0 saturated carbocycles. The van der Waals surface area contributed by atoms with Gasteiger partial charge >= 0.3 is 0 Å². The molecule has 0 aliphatic rings. The molecule has 0 saturated heterocycles. The Bertz CT molecular complexity index is 661. The van der Waals surface area contributed by atoms with Crippen molar-refractivity contribution in [3.8, 4) is 0 Å². The highest BCUT2D eigenvalue weighted by atomic mass is 32.2. The molecule has 0 bridgehead atoms. The van der Waals surface area contributed by atoms with Gasteiger partial charge < -0.3 is 10.6 Å². The van der Waals surface area contributed by atoms with Crippen molar-refractivity contribution in [1.82, 2.24) is 10.6 Å². The van der Waals surface area contributed by atoms with Gasteiger partial charge in [0, 0.05) is 12.6 Å². The van der Waals surface area contributed by atoms with Crippen LogP contribution in [-0.2, 0) is 16.6 Å². The fourth-order valence-electron chi connectivity index (χ4n) is 2.23. The minimum Gasteiger partial charge on any atom is -0.357 e. The first-order valence-corrected chi connectivity index (χ1v) is 10.2. The number of nitrogens with two attached hydrogens (primary N) is 1. The monoisotopic (exact) mass is 368 g/mol. The Morgan fingerprint density at radius 3 is 2.32 bits per heavy atom. The number of nitrogens with zero attached hydrogens (tertiary/aromatic N) is 1. The molecular weight excluding hydrogens is 336 g/mol. The van der Waals surface area contributed by atoms with Gasteiger partial charge in [-0.2, -0.15) is 0 Å². The predicted octanol–water partition coefficient (Wildman–Crippen LogP) is 2.60. The number of hydrogen-bond donors (Lipinski definition) is 3. The molecule has 0 aromatic heterocycles. The zero-order chi connectivity index (χ0) is 19.1. The smallest absolute Gasteiger partial charge is 0.238 e.